The lowest BCUT2D eigenvalue weighted by molar-refractivity contribution is -0.664. The van der Waals surface area contributed by atoms with Crippen molar-refractivity contribution in [3.8, 4) is 5.69 Å². The van der Waals surface area contributed by atoms with Crippen molar-refractivity contribution >= 4 is 22.7 Å². The van der Waals surface area contributed by atoms with Crippen LogP contribution in [0.15, 0.2) is 42.5 Å². The number of nitro benzene ring substituents is 1. The lowest BCUT2D eigenvalue weighted by Crippen LogP contribution is -2.37. The lowest BCUT2D eigenvalue weighted by atomic mass is 10.1. The van der Waals surface area contributed by atoms with Crippen LogP contribution in [0.3, 0.4) is 0 Å². The summed E-state index contributed by atoms with van der Waals surface area (Å²) in [5, 5.41) is 27.8. The molecule has 0 fully saturated rings. The normalized spacial score (nSPS) is 10.7. The van der Waals surface area contributed by atoms with Crippen LogP contribution in [0.5, 0.6) is 0 Å². The van der Waals surface area contributed by atoms with Crippen LogP contribution in [0.2, 0.25) is 0 Å². The van der Waals surface area contributed by atoms with Gasteiger partial charge in [-0.05, 0) is 23.9 Å². The molecule has 9 heteroatoms. The Labute approximate surface area is 135 Å². The summed E-state index contributed by atoms with van der Waals surface area (Å²) in [5.41, 5.74) is -0.262. The Bertz CT molecular complexity index is 936. The average Bonchev–Trinajstić information content (AvgIpc) is 2.92. The van der Waals surface area contributed by atoms with Crippen molar-refractivity contribution in [2.24, 2.45) is 0 Å². The van der Waals surface area contributed by atoms with Crippen molar-refractivity contribution in [1.82, 2.24) is 9.90 Å². The predicted molar refractivity (Wildman–Crippen MR) is 82.6 cm³/mol. The largest absolute Gasteiger partial charge is 0.692 e. The minimum absolute atomic E-state index is 0.0757. The van der Waals surface area contributed by atoms with E-state index < -0.39 is 16.6 Å². The Hall–Kier alpha value is -3.49. The Kier molecular flexibility index (Phi) is 3.82. The molecule has 0 unspecified atom stereocenters. The molecule has 122 valence electrons. The highest BCUT2D eigenvalue weighted by Crippen LogP contribution is 2.25. The van der Waals surface area contributed by atoms with E-state index in [1.54, 1.807) is 37.3 Å². The molecule has 1 heterocycles. The van der Waals surface area contributed by atoms with Gasteiger partial charge in [0.2, 0.25) is 5.52 Å². The summed E-state index contributed by atoms with van der Waals surface area (Å²) >= 11 is 0. The molecule has 0 spiro atoms. The molecule has 0 aliphatic heterocycles. The van der Waals surface area contributed by atoms with Crippen LogP contribution in [0, 0.1) is 15.3 Å². The smallest absolute Gasteiger partial charge is 0.338 e. The van der Waals surface area contributed by atoms with E-state index in [2.05, 4.69) is 5.10 Å². The molecule has 2 aromatic carbocycles. The van der Waals surface area contributed by atoms with Gasteiger partial charge in [0.05, 0.1) is 22.2 Å². The van der Waals surface area contributed by atoms with Gasteiger partial charge in [-0.2, -0.15) is 0 Å². The fourth-order valence-electron chi connectivity index (χ4n) is 2.29. The third-order valence-corrected chi connectivity index (χ3v) is 3.34. The number of hydrogen-bond acceptors (Lipinski definition) is 6. The molecule has 0 bridgehead atoms. The van der Waals surface area contributed by atoms with Crippen molar-refractivity contribution in [1.29, 1.82) is 0 Å². The molecule has 0 saturated heterocycles. The summed E-state index contributed by atoms with van der Waals surface area (Å²) in [4.78, 5) is 23.9. The molecule has 3 aromatic rings. The maximum atomic E-state index is 12.5. The summed E-state index contributed by atoms with van der Waals surface area (Å²) in [6.45, 7) is 1.73. The van der Waals surface area contributed by atoms with Crippen LogP contribution in [-0.4, -0.2) is 27.4 Å². The lowest BCUT2D eigenvalue weighted by Gasteiger charge is -2.04. The molecule has 0 radical (unpaired) electrons. The summed E-state index contributed by atoms with van der Waals surface area (Å²) in [5.74, 6) is -0.741. The number of non-ortho nitro benzene ring substituents is 1. The second kappa shape index (κ2) is 5.95. The van der Waals surface area contributed by atoms with Gasteiger partial charge in [0.25, 0.3) is 0 Å². The molecule has 0 atom stereocenters. The van der Waals surface area contributed by atoms with E-state index >= 15 is 0 Å². The van der Waals surface area contributed by atoms with Crippen molar-refractivity contribution in [2.75, 3.05) is 6.61 Å². The van der Waals surface area contributed by atoms with Gasteiger partial charge in [-0.25, -0.2) is 4.79 Å². The molecular formula is C15H12N4O5. The molecule has 9 nitrogen and oxygen atoms in total. The quantitative estimate of drug-likeness (QED) is 0.237. The number of fused-ring (bicyclic) bond motifs is 1. The summed E-state index contributed by atoms with van der Waals surface area (Å²) in [6.07, 6.45) is 0. The fourth-order valence-corrected chi connectivity index (χ4v) is 2.29. The Morgan fingerprint density at radius 3 is 2.67 bits per heavy atom. The molecule has 0 N–H and O–H groups in total. The van der Waals surface area contributed by atoms with Crippen LogP contribution >= 0.6 is 0 Å². The number of esters is 1. The number of carbonyl (C=O) groups is 1. The van der Waals surface area contributed by atoms with Crippen LogP contribution in [0.4, 0.5) is 5.69 Å². The predicted octanol–water partition coefficient (Wildman–Crippen LogP) is 1.74. The molecular weight excluding hydrogens is 316 g/mol. The number of para-hydroxylation sites is 1. The highest BCUT2D eigenvalue weighted by atomic mass is 16.6. The van der Waals surface area contributed by atoms with Crippen molar-refractivity contribution < 1.29 is 19.3 Å². The van der Waals surface area contributed by atoms with E-state index in [0.29, 0.717) is 10.5 Å². The minimum atomic E-state index is -0.741. The van der Waals surface area contributed by atoms with Crippen LogP contribution in [-0.2, 0) is 4.74 Å². The van der Waals surface area contributed by atoms with Gasteiger partial charge < -0.3 is 9.94 Å². The van der Waals surface area contributed by atoms with Crippen molar-refractivity contribution in [2.45, 2.75) is 6.92 Å². The minimum Gasteiger partial charge on any atom is -0.692 e. The molecule has 3 rings (SSSR count). The summed E-state index contributed by atoms with van der Waals surface area (Å²) in [7, 11) is 0. The zero-order chi connectivity index (χ0) is 17.3. The molecule has 0 saturated carbocycles. The molecule has 24 heavy (non-hydrogen) atoms. The first-order chi connectivity index (χ1) is 11.5. The highest BCUT2D eigenvalue weighted by molar-refractivity contribution is 5.96. The highest BCUT2D eigenvalue weighted by Gasteiger charge is 2.29. The van der Waals surface area contributed by atoms with Crippen molar-refractivity contribution in [3.05, 3.63) is 63.3 Å². The van der Waals surface area contributed by atoms with Gasteiger partial charge >= 0.3 is 17.2 Å². The number of rotatable bonds is 4. The van der Waals surface area contributed by atoms with Crippen LogP contribution < -0.4 is 4.85 Å². The first kappa shape index (κ1) is 15.4. The molecule has 0 aliphatic carbocycles. The Morgan fingerprint density at radius 1 is 1.33 bits per heavy atom. The fraction of sp³-hybridized carbons (Fsp3) is 0.133. The van der Waals surface area contributed by atoms with E-state index in [1.165, 1.54) is 6.07 Å². The number of hydrogen-bond donors (Lipinski definition) is 0. The number of ether oxygens (including phenoxy) is 1. The Balaban J connectivity index is 2.27. The topological polar surface area (TPSA) is 114 Å². The van der Waals surface area contributed by atoms with E-state index in [9.17, 15) is 20.1 Å². The summed E-state index contributed by atoms with van der Waals surface area (Å²) in [6, 6.07) is 10.8. The Morgan fingerprint density at radius 2 is 2.04 bits per heavy atom. The van der Waals surface area contributed by atoms with Gasteiger partial charge in [-0.15, -0.1) is 4.85 Å². The molecule has 0 amide bonds. The van der Waals surface area contributed by atoms with Crippen LogP contribution in [0.1, 0.15) is 17.3 Å². The zero-order valence-corrected chi connectivity index (χ0v) is 12.6. The maximum absolute atomic E-state index is 12.5. The number of nitro groups is 1. The van der Waals surface area contributed by atoms with E-state index in [4.69, 9.17) is 4.74 Å². The SMILES string of the molecule is CCOC(=O)c1cc([N+](=O)[O-])c2nn(-c3ccccc3)[n+]([O-])c2c1. The monoisotopic (exact) mass is 328 g/mol. The first-order valence-corrected chi connectivity index (χ1v) is 7.06. The number of aromatic nitrogens is 3. The van der Waals surface area contributed by atoms with Gasteiger partial charge in [0.15, 0.2) is 0 Å². The third kappa shape index (κ3) is 2.51. The number of nitrogens with zero attached hydrogens (tertiary/aromatic N) is 4. The standard InChI is InChI=1S/C15H12N4O5/c1-2-24-15(20)10-8-12-14(13(9-10)19(22)23)16-17(18(12)21)11-6-4-3-5-7-11/h3-9H,2H2,1H3. The first-order valence-electron chi connectivity index (χ1n) is 7.06. The number of carbonyl (C=O) groups excluding carboxylic acids is 1. The van der Waals surface area contributed by atoms with Gasteiger partial charge in [0, 0.05) is 12.1 Å². The van der Waals surface area contributed by atoms with Gasteiger partial charge in [0.1, 0.15) is 5.69 Å². The van der Waals surface area contributed by atoms with Gasteiger partial charge in [-0.3, -0.25) is 10.1 Å². The van der Waals surface area contributed by atoms with E-state index in [-0.39, 0.29) is 23.2 Å². The average molecular weight is 328 g/mol. The van der Waals surface area contributed by atoms with E-state index in [1.807, 2.05) is 0 Å². The number of benzene rings is 2. The van der Waals surface area contributed by atoms with Crippen molar-refractivity contribution in [3.63, 3.8) is 0 Å². The molecule has 0 aliphatic rings. The van der Waals surface area contributed by atoms with Crippen LogP contribution in [0.25, 0.3) is 16.7 Å². The van der Waals surface area contributed by atoms with Gasteiger partial charge in [-0.1, -0.05) is 18.2 Å². The maximum Gasteiger partial charge on any atom is 0.338 e. The zero-order valence-electron chi connectivity index (χ0n) is 12.6. The molecule has 1 aromatic heterocycles. The second-order valence-electron chi connectivity index (χ2n) is 4.84. The second-order valence-corrected chi connectivity index (χ2v) is 4.84. The third-order valence-electron chi connectivity index (χ3n) is 3.34. The summed E-state index contributed by atoms with van der Waals surface area (Å²) < 4.78 is 4.84. The van der Waals surface area contributed by atoms with E-state index in [0.717, 1.165) is 10.9 Å².